The Balaban J connectivity index is 1.48. The lowest BCUT2D eigenvalue weighted by molar-refractivity contribution is 0.151. The van der Waals surface area contributed by atoms with Gasteiger partial charge in [0.1, 0.15) is 0 Å². The summed E-state index contributed by atoms with van der Waals surface area (Å²) in [6, 6.07) is 8.79. The number of para-hydroxylation sites is 1. The summed E-state index contributed by atoms with van der Waals surface area (Å²) >= 11 is 1.74. The van der Waals surface area contributed by atoms with Gasteiger partial charge >= 0.3 is 0 Å². The number of piperazine rings is 1. The van der Waals surface area contributed by atoms with Crippen LogP contribution in [0.1, 0.15) is 13.3 Å². The zero-order valence-corrected chi connectivity index (χ0v) is 13.7. The molecule has 1 fully saturated rings. The average molecular weight is 304 g/mol. The van der Waals surface area contributed by atoms with E-state index in [1.54, 1.807) is 11.3 Å². The molecule has 0 spiro atoms. The van der Waals surface area contributed by atoms with Gasteiger partial charge in [0.15, 0.2) is 5.13 Å². The van der Waals surface area contributed by atoms with Gasteiger partial charge in [-0.1, -0.05) is 23.5 Å². The number of hydrogen-bond acceptors (Lipinski definition) is 5. The van der Waals surface area contributed by atoms with Gasteiger partial charge in [0.25, 0.3) is 0 Å². The van der Waals surface area contributed by atoms with E-state index in [9.17, 15) is 0 Å². The Morgan fingerprint density at radius 2 is 2.00 bits per heavy atom. The number of benzene rings is 1. The van der Waals surface area contributed by atoms with Crippen molar-refractivity contribution in [2.45, 2.75) is 19.4 Å². The fourth-order valence-electron chi connectivity index (χ4n) is 2.66. The highest BCUT2D eigenvalue weighted by Crippen LogP contribution is 2.26. The fraction of sp³-hybridized carbons (Fsp3) is 0.562. The average Bonchev–Trinajstić information content (AvgIpc) is 2.88. The zero-order chi connectivity index (χ0) is 14.7. The molecule has 114 valence electrons. The highest BCUT2D eigenvalue weighted by atomic mass is 32.1. The number of aromatic nitrogens is 1. The van der Waals surface area contributed by atoms with E-state index >= 15 is 0 Å². The van der Waals surface area contributed by atoms with E-state index in [1.165, 1.54) is 43.8 Å². The second-order valence-electron chi connectivity index (χ2n) is 5.97. The molecule has 2 heterocycles. The third-order valence-electron chi connectivity index (χ3n) is 4.14. The molecule has 1 N–H and O–H groups in total. The van der Waals surface area contributed by atoms with Gasteiger partial charge in [0.2, 0.25) is 0 Å². The minimum Gasteiger partial charge on any atom is -0.359 e. The van der Waals surface area contributed by atoms with Crippen molar-refractivity contribution in [3.8, 4) is 0 Å². The van der Waals surface area contributed by atoms with Crippen LogP contribution in [0.15, 0.2) is 24.3 Å². The topological polar surface area (TPSA) is 31.4 Å². The molecule has 21 heavy (non-hydrogen) atoms. The minimum atomic E-state index is 0.463. The van der Waals surface area contributed by atoms with E-state index in [-0.39, 0.29) is 0 Å². The van der Waals surface area contributed by atoms with Crippen molar-refractivity contribution >= 4 is 26.7 Å². The smallest absolute Gasteiger partial charge is 0.183 e. The molecular weight excluding hydrogens is 280 g/mol. The molecule has 0 amide bonds. The van der Waals surface area contributed by atoms with E-state index < -0.39 is 0 Å². The number of nitrogens with zero attached hydrogens (tertiary/aromatic N) is 3. The van der Waals surface area contributed by atoms with Crippen LogP contribution in [0.25, 0.3) is 10.2 Å². The van der Waals surface area contributed by atoms with E-state index in [0.29, 0.717) is 6.04 Å². The molecule has 0 radical (unpaired) electrons. The lowest BCUT2D eigenvalue weighted by atomic mass is 10.2. The van der Waals surface area contributed by atoms with Crippen LogP contribution in [0, 0.1) is 0 Å². The molecule has 1 atom stereocenters. The van der Waals surface area contributed by atoms with Gasteiger partial charge in [0, 0.05) is 38.8 Å². The summed E-state index contributed by atoms with van der Waals surface area (Å²) in [7, 11) is 2.20. The standard InChI is InChI=1S/C16H24N4S/c1-13(7-8-20-11-9-19(2)10-12-20)17-16-18-14-5-3-4-6-15(14)21-16/h3-6,13H,7-12H2,1-2H3,(H,17,18). The summed E-state index contributed by atoms with van der Waals surface area (Å²) in [6.45, 7) is 8.21. The largest absolute Gasteiger partial charge is 0.359 e. The van der Waals surface area contributed by atoms with Crippen molar-refractivity contribution in [1.29, 1.82) is 0 Å². The van der Waals surface area contributed by atoms with Crippen LogP contribution in [-0.2, 0) is 0 Å². The summed E-state index contributed by atoms with van der Waals surface area (Å²) in [5, 5.41) is 4.59. The quantitative estimate of drug-likeness (QED) is 0.920. The summed E-state index contributed by atoms with van der Waals surface area (Å²) in [5.41, 5.74) is 1.09. The number of thiazole rings is 1. The second-order valence-corrected chi connectivity index (χ2v) is 7.00. The highest BCUT2D eigenvalue weighted by Gasteiger charge is 2.14. The molecule has 5 heteroatoms. The van der Waals surface area contributed by atoms with Crippen LogP contribution in [0.2, 0.25) is 0 Å². The van der Waals surface area contributed by atoms with Gasteiger partial charge in [0.05, 0.1) is 10.2 Å². The Morgan fingerprint density at radius 1 is 1.24 bits per heavy atom. The monoisotopic (exact) mass is 304 g/mol. The summed E-state index contributed by atoms with van der Waals surface area (Å²) in [5.74, 6) is 0. The molecule has 1 aromatic heterocycles. The zero-order valence-electron chi connectivity index (χ0n) is 12.9. The van der Waals surface area contributed by atoms with Crippen molar-refractivity contribution in [3.63, 3.8) is 0 Å². The lowest BCUT2D eigenvalue weighted by Crippen LogP contribution is -2.45. The highest BCUT2D eigenvalue weighted by molar-refractivity contribution is 7.22. The predicted molar refractivity (Wildman–Crippen MR) is 91.3 cm³/mol. The maximum Gasteiger partial charge on any atom is 0.183 e. The number of hydrogen-bond donors (Lipinski definition) is 1. The van der Waals surface area contributed by atoms with Crippen LogP contribution in [0.5, 0.6) is 0 Å². The van der Waals surface area contributed by atoms with Crippen molar-refractivity contribution in [2.75, 3.05) is 45.1 Å². The first-order valence-corrected chi connectivity index (χ1v) is 8.55. The van der Waals surface area contributed by atoms with Crippen molar-refractivity contribution in [2.24, 2.45) is 0 Å². The number of nitrogens with one attached hydrogen (secondary N) is 1. The molecule has 1 aliphatic rings. The fourth-order valence-corrected chi connectivity index (χ4v) is 3.64. The Bertz CT molecular complexity index is 541. The third kappa shape index (κ3) is 3.93. The molecule has 1 aliphatic heterocycles. The minimum absolute atomic E-state index is 0.463. The first-order chi connectivity index (χ1) is 10.2. The SMILES string of the molecule is CC(CCN1CCN(C)CC1)Nc1nc2ccccc2s1. The van der Waals surface area contributed by atoms with Crippen LogP contribution in [-0.4, -0.2) is 60.6 Å². The number of fused-ring (bicyclic) bond motifs is 1. The molecule has 0 saturated carbocycles. The molecule has 0 aliphatic carbocycles. The van der Waals surface area contributed by atoms with Gasteiger partial charge in [-0.15, -0.1) is 0 Å². The van der Waals surface area contributed by atoms with E-state index in [4.69, 9.17) is 0 Å². The van der Waals surface area contributed by atoms with Gasteiger partial charge < -0.3 is 15.1 Å². The number of likely N-dealkylation sites (N-methyl/N-ethyl adjacent to an activating group) is 1. The Morgan fingerprint density at radius 3 is 2.76 bits per heavy atom. The maximum atomic E-state index is 4.64. The van der Waals surface area contributed by atoms with Crippen molar-refractivity contribution in [3.05, 3.63) is 24.3 Å². The van der Waals surface area contributed by atoms with E-state index in [0.717, 1.165) is 10.6 Å². The first-order valence-electron chi connectivity index (χ1n) is 7.74. The summed E-state index contributed by atoms with van der Waals surface area (Å²) in [4.78, 5) is 9.61. The predicted octanol–water partition coefficient (Wildman–Crippen LogP) is 2.73. The molecule has 1 saturated heterocycles. The van der Waals surface area contributed by atoms with Crippen LogP contribution in [0.3, 0.4) is 0 Å². The summed E-state index contributed by atoms with van der Waals surface area (Å²) in [6.07, 6.45) is 1.17. The molecule has 3 rings (SSSR count). The Labute approximate surface area is 130 Å². The Kier molecular flexibility index (Phi) is 4.73. The second kappa shape index (κ2) is 6.73. The molecule has 1 unspecified atom stereocenters. The lowest BCUT2D eigenvalue weighted by Gasteiger charge is -2.32. The van der Waals surface area contributed by atoms with Crippen LogP contribution in [0.4, 0.5) is 5.13 Å². The number of anilines is 1. The van der Waals surface area contributed by atoms with Crippen LogP contribution < -0.4 is 5.32 Å². The van der Waals surface area contributed by atoms with Gasteiger partial charge in [-0.2, -0.15) is 0 Å². The summed E-state index contributed by atoms with van der Waals surface area (Å²) < 4.78 is 1.26. The van der Waals surface area contributed by atoms with Crippen LogP contribution >= 0.6 is 11.3 Å². The third-order valence-corrected chi connectivity index (χ3v) is 5.11. The van der Waals surface area contributed by atoms with Crippen molar-refractivity contribution < 1.29 is 0 Å². The molecule has 0 bridgehead atoms. The normalized spacial score (nSPS) is 19.0. The van der Waals surface area contributed by atoms with Gasteiger partial charge in [-0.05, 0) is 32.5 Å². The molecular formula is C16H24N4S. The number of rotatable bonds is 5. The molecule has 4 nitrogen and oxygen atoms in total. The van der Waals surface area contributed by atoms with Gasteiger partial charge in [-0.3, -0.25) is 0 Å². The first kappa shape index (κ1) is 14.8. The Hall–Kier alpha value is -1.17. The van der Waals surface area contributed by atoms with Gasteiger partial charge in [-0.25, -0.2) is 4.98 Å². The van der Waals surface area contributed by atoms with E-state index in [1.807, 2.05) is 6.07 Å². The molecule has 1 aromatic carbocycles. The molecule has 2 aromatic rings. The van der Waals surface area contributed by atoms with E-state index in [2.05, 4.69) is 52.3 Å². The van der Waals surface area contributed by atoms with Crippen molar-refractivity contribution in [1.82, 2.24) is 14.8 Å². The maximum absolute atomic E-state index is 4.64.